The first kappa shape index (κ1) is 12.7. The van der Waals surface area contributed by atoms with Crippen LogP contribution in [-0.2, 0) is 0 Å². The van der Waals surface area contributed by atoms with Crippen molar-refractivity contribution in [1.82, 2.24) is 0 Å². The van der Waals surface area contributed by atoms with Crippen molar-refractivity contribution in [3.63, 3.8) is 0 Å². The summed E-state index contributed by atoms with van der Waals surface area (Å²) in [5.41, 5.74) is 9.81. The highest BCUT2D eigenvalue weighted by molar-refractivity contribution is 9.10. The fourth-order valence-corrected chi connectivity index (χ4v) is 2.70. The molecular formula is C14H19BrN2. The van der Waals surface area contributed by atoms with Gasteiger partial charge < -0.3 is 10.6 Å². The maximum atomic E-state index is 5.89. The highest BCUT2D eigenvalue weighted by Crippen LogP contribution is 2.30. The van der Waals surface area contributed by atoms with Crippen LogP contribution in [0.1, 0.15) is 31.9 Å². The second-order valence-corrected chi connectivity index (χ2v) is 5.60. The van der Waals surface area contributed by atoms with Gasteiger partial charge in [-0.05, 0) is 53.9 Å². The van der Waals surface area contributed by atoms with E-state index in [1.165, 1.54) is 16.8 Å². The predicted octanol–water partition coefficient (Wildman–Crippen LogP) is 3.63. The van der Waals surface area contributed by atoms with Crippen molar-refractivity contribution in [2.75, 3.05) is 18.0 Å². The van der Waals surface area contributed by atoms with Gasteiger partial charge in [0, 0.05) is 23.6 Å². The third kappa shape index (κ3) is 2.90. The first-order valence-electron chi connectivity index (χ1n) is 6.03. The molecule has 0 radical (unpaired) electrons. The average Bonchev–Trinajstić information content (AvgIpc) is 2.30. The predicted molar refractivity (Wildman–Crippen MR) is 77.3 cm³/mol. The van der Waals surface area contributed by atoms with Gasteiger partial charge in [0.15, 0.2) is 0 Å². The van der Waals surface area contributed by atoms with Crippen molar-refractivity contribution in [3.8, 4) is 0 Å². The van der Waals surface area contributed by atoms with Gasteiger partial charge in [-0.2, -0.15) is 0 Å². The van der Waals surface area contributed by atoms with Crippen LogP contribution < -0.4 is 10.6 Å². The van der Waals surface area contributed by atoms with Crippen molar-refractivity contribution < 1.29 is 0 Å². The monoisotopic (exact) mass is 294 g/mol. The van der Waals surface area contributed by atoms with Crippen LogP contribution in [0.5, 0.6) is 0 Å². The van der Waals surface area contributed by atoms with Crippen molar-refractivity contribution in [2.24, 2.45) is 5.73 Å². The molecule has 0 aliphatic carbocycles. The molecule has 2 rings (SSSR count). The van der Waals surface area contributed by atoms with Gasteiger partial charge in [-0.3, -0.25) is 0 Å². The summed E-state index contributed by atoms with van der Waals surface area (Å²) < 4.78 is 1.14. The van der Waals surface area contributed by atoms with Gasteiger partial charge in [-0.1, -0.05) is 17.7 Å². The van der Waals surface area contributed by atoms with Crippen LogP contribution >= 0.6 is 15.9 Å². The van der Waals surface area contributed by atoms with Gasteiger partial charge in [0.05, 0.1) is 5.69 Å². The van der Waals surface area contributed by atoms with Gasteiger partial charge in [0.1, 0.15) is 0 Å². The maximum absolute atomic E-state index is 5.89. The van der Waals surface area contributed by atoms with Crippen LogP contribution in [0.25, 0.3) is 0 Å². The second kappa shape index (κ2) is 5.23. The summed E-state index contributed by atoms with van der Waals surface area (Å²) >= 11 is 3.65. The van der Waals surface area contributed by atoms with E-state index in [9.17, 15) is 0 Å². The molecule has 1 aromatic carbocycles. The Kier molecular flexibility index (Phi) is 3.89. The van der Waals surface area contributed by atoms with Crippen LogP contribution in [0.15, 0.2) is 34.3 Å². The molecule has 0 aromatic heterocycles. The number of benzene rings is 1. The molecule has 1 atom stereocenters. The number of anilines is 1. The third-order valence-corrected chi connectivity index (χ3v) is 3.91. The topological polar surface area (TPSA) is 29.3 Å². The molecule has 2 nitrogen and oxygen atoms in total. The Morgan fingerprint density at radius 2 is 2.18 bits per heavy atom. The summed E-state index contributed by atoms with van der Waals surface area (Å²) in [6.07, 6.45) is 3.46. The Balaban J connectivity index is 2.22. The third-order valence-electron chi connectivity index (χ3n) is 3.27. The lowest BCUT2D eigenvalue weighted by molar-refractivity contribution is 0.782. The minimum atomic E-state index is 0.0869. The lowest BCUT2D eigenvalue weighted by Gasteiger charge is -2.28. The molecule has 1 aliphatic heterocycles. The van der Waals surface area contributed by atoms with E-state index in [0.717, 1.165) is 24.0 Å². The van der Waals surface area contributed by atoms with Crippen molar-refractivity contribution >= 4 is 21.6 Å². The van der Waals surface area contributed by atoms with E-state index in [0.29, 0.717) is 0 Å². The number of rotatable bonds is 2. The molecule has 0 amide bonds. The first-order chi connectivity index (χ1) is 8.08. The lowest BCUT2D eigenvalue weighted by atomic mass is 10.1. The van der Waals surface area contributed by atoms with Crippen molar-refractivity contribution in [3.05, 3.63) is 39.9 Å². The Morgan fingerprint density at radius 1 is 1.41 bits per heavy atom. The van der Waals surface area contributed by atoms with E-state index in [-0.39, 0.29) is 6.04 Å². The van der Waals surface area contributed by atoms with E-state index in [2.05, 4.69) is 52.0 Å². The summed E-state index contributed by atoms with van der Waals surface area (Å²) in [7, 11) is 0. The molecule has 0 unspecified atom stereocenters. The van der Waals surface area contributed by atoms with Gasteiger partial charge in [-0.25, -0.2) is 0 Å². The first-order valence-corrected chi connectivity index (χ1v) is 6.83. The standard InChI is InChI=1S/C14H19BrN2/c1-10-5-7-17(8-6-10)14-4-3-12(11(2)16)9-13(14)15/h3-5,9,11H,6-8,16H2,1-2H3/t11-/m1/s1. The number of hydrogen-bond acceptors (Lipinski definition) is 2. The SMILES string of the molecule is CC1=CCN(c2ccc([C@@H](C)N)cc2Br)CC1. The largest absolute Gasteiger partial charge is 0.367 e. The molecule has 92 valence electrons. The lowest BCUT2D eigenvalue weighted by Crippen LogP contribution is -2.28. The summed E-state index contributed by atoms with van der Waals surface area (Å²) in [4.78, 5) is 2.39. The number of nitrogens with zero attached hydrogens (tertiary/aromatic N) is 1. The molecule has 3 heteroatoms. The summed E-state index contributed by atoms with van der Waals surface area (Å²) in [5.74, 6) is 0. The number of nitrogens with two attached hydrogens (primary N) is 1. The minimum Gasteiger partial charge on any atom is -0.367 e. The zero-order valence-electron chi connectivity index (χ0n) is 10.4. The summed E-state index contributed by atoms with van der Waals surface area (Å²) in [5, 5.41) is 0. The van der Waals surface area contributed by atoms with Gasteiger partial charge in [-0.15, -0.1) is 0 Å². The van der Waals surface area contributed by atoms with Gasteiger partial charge in [0.2, 0.25) is 0 Å². The number of halogens is 1. The molecule has 1 aromatic rings. The Hall–Kier alpha value is -0.800. The van der Waals surface area contributed by atoms with Crippen molar-refractivity contribution in [2.45, 2.75) is 26.3 Å². The maximum Gasteiger partial charge on any atom is 0.0513 e. The quantitative estimate of drug-likeness (QED) is 0.844. The Bertz CT molecular complexity index is 438. The molecule has 0 bridgehead atoms. The molecule has 1 aliphatic rings. The number of hydrogen-bond donors (Lipinski definition) is 1. The smallest absolute Gasteiger partial charge is 0.0513 e. The highest BCUT2D eigenvalue weighted by atomic mass is 79.9. The zero-order valence-corrected chi connectivity index (χ0v) is 12.0. The van der Waals surface area contributed by atoms with E-state index < -0.39 is 0 Å². The van der Waals surface area contributed by atoms with Crippen molar-refractivity contribution in [1.29, 1.82) is 0 Å². The molecule has 17 heavy (non-hydrogen) atoms. The molecule has 0 saturated carbocycles. The molecule has 0 spiro atoms. The molecule has 1 heterocycles. The second-order valence-electron chi connectivity index (χ2n) is 4.75. The highest BCUT2D eigenvalue weighted by Gasteiger charge is 2.13. The molecular weight excluding hydrogens is 276 g/mol. The summed E-state index contributed by atoms with van der Waals surface area (Å²) in [6.45, 7) is 6.31. The van der Waals surface area contributed by atoms with Crippen LogP contribution in [-0.4, -0.2) is 13.1 Å². The summed E-state index contributed by atoms with van der Waals surface area (Å²) in [6, 6.07) is 6.50. The van der Waals surface area contributed by atoms with E-state index in [1.807, 2.05) is 6.92 Å². The molecule has 0 saturated heterocycles. The van der Waals surface area contributed by atoms with Crippen LogP contribution in [0.3, 0.4) is 0 Å². The van der Waals surface area contributed by atoms with Gasteiger partial charge >= 0.3 is 0 Å². The normalized spacial score (nSPS) is 17.9. The minimum absolute atomic E-state index is 0.0869. The van der Waals surface area contributed by atoms with Crippen LogP contribution in [0.4, 0.5) is 5.69 Å². The molecule has 0 fully saturated rings. The van der Waals surface area contributed by atoms with Crippen LogP contribution in [0, 0.1) is 0 Å². The Morgan fingerprint density at radius 3 is 2.71 bits per heavy atom. The fraction of sp³-hybridized carbons (Fsp3) is 0.429. The van der Waals surface area contributed by atoms with E-state index >= 15 is 0 Å². The Labute approximate surface area is 112 Å². The van der Waals surface area contributed by atoms with E-state index in [4.69, 9.17) is 5.73 Å². The van der Waals surface area contributed by atoms with Crippen LogP contribution in [0.2, 0.25) is 0 Å². The fourth-order valence-electron chi connectivity index (χ4n) is 2.05. The van der Waals surface area contributed by atoms with Gasteiger partial charge in [0.25, 0.3) is 0 Å². The average molecular weight is 295 g/mol. The molecule has 2 N–H and O–H groups in total. The zero-order chi connectivity index (χ0) is 12.4. The van der Waals surface area contributed by atoms with E-state index in [1.54, 1.807) is 0 Å².